The van der Waals surface area contributed by atoms with Crippen molar-refractivity contribution in [2.45, 2.75) is 27.2 Å². The number of hydrogen-bond donors (Lipinski definition) is 4. The maximum absolute atomic E-state index is 6.41. The van der Waals surface area contributed by atoms with E-state index < -0.39 is 0 Å². The van der Waals surface area contributed by atoms with Gasteiger partial charge in [0.1, 0.15) is 5.84 Å². The second kappa shape index (κ2) is 12.4. The Labute approximate surface area is 196 Å². The van der Waals surface area contributed by atoms with E-state index in [1.807, 2.05) is 46.3 Å². The minimum absolute atomic E-state index is 0.388. The van der Waals surface area contributed by atoms with Gasteiger partial charge in [0.15, 0.2) is 11.7 Å². The van der Waals surface area contributed by atoms with E-state index >= 15 is 0 Å². The van der Waals surface area contributed by atoms with Crippen molar-refractivity contribution in [1.29, 1.82) is 0 Å². The molecule has 1 aromatic heterocycles. The molecule has 8 heteroatoms. The number of amidine groups is 2. The first-order valence-corrected chi connectivity index (χ1v) is 10.9. The second-order valence-corrected chi connectivity index (χ2v) is 8.06. The highest BCUT2D eigenvalue weighted by Gasteiger charge is 2.11. The van der Waals surface area contributed by atoms with Gasteiger partial charge in [0.05, 0.1) is 6.54 Å². The molecule has 176 valence electrons. The number of aryl methyl sites for hydroxylation is 2. The van der Waals surface area contributed by atoms with E-state index in [2.05, 4.69) is 56.0 Å². The molecule has 2 rings (SSSR count). The number of allylic oxidation sites excluding steroid dienone is 2. The first-order valence-electron chi connectivity index (χ1n) is 10.9. The van der Waals surface area contributed by atoms with Gasteiger partial charge in [0.25, 0.3) is 0 Å². The number of benzene rings is 1. The average molecular weight is 449 g/mol. The van der Waals surface area contributed by atoms with Gasteiger partial charge in [-0.1, -0.05) is 31.7 Å². The van der Waals surface area contributed by atoms with Crippen LogP contribution in [0.1, 0.15) is 36.2 Å². The summed E-state index contributed by atoms with van der Waals surface area (Å²) in [7, 11) is 4.05. The third-order valence-electron chi connectivity index (χ3n) is 4.91. The van der Waals surface area contributed by atoms with E-state index in [-0.39, 0.29) is 0 Å². The summed E-state index contributed by atoms with van der Waals surface area (Å²) >= 11 is 0. The largest absolute Gasteiger partial charge is 0.404 e. The third kappa shape index (κ3) is 7.76. The van der Waals surface area contributed by atoms with Crippen LogP contribution in [0.2, 0.25) is 0 Å². The second-order valence-electron chi connectivity index (χ2n) is 8.06. The van der Waals surface area contributed by atoms with Crippen LogP contribution in [0, 0.1) is 6.92 Å². The van der Waals surface area contributed by atoms with Crippen LogP contribution < -0.4 is 16.8 Å². The minimum Gasteiger partial charge on any atom is -0.404 e. The molecular weight excluding hydrogens is 412 g/mol. The molecule has 0 saturated heterocycles. The van der Waals surface area contributed by atoms with Crippen molar-refractivity contribution in [3.63, 3.8) is 0 Å². The Morgan fingerprint density at radius 3 is 2.64 bits per heavy atom. The van der Waals surface area contributed by atoms with Gasteiger partial charge in [-0.25, -0.2) is 9.98 Å². The number of nitrogens with one attached hydrogen (secondary N) is 2. The first-order chi connectivity index (χ1) is 15.8. The van der Waals surface area contributed by atoms with Crippen LogP contribution in [0.5, 0.6) is 0 Å². The zero-order valence-corrected chi connectivity index (χ0v) is 20.3. The fraction of sp³-hybridized carbons (Fsp3) is 0.320. The summed E-state index contributed by atoms with van der Waals surface area (Å²) in [6.07, 6.45) is 6.15. The van der Waals surface area contributed by atoms with Gasteiger partial charge in [0, 0.05) is 23.9 Å². The van der Waals surface area contributed by atoms with E-state index in [0.29, 0.717) is 24.0 Å². The maximum Gasteiger partial charge on any atom is 0.175 e. The quantitative estimate of drug-likeness (QED) is 0.253. The summed E-state index contributed by atoms with van der Waals surface area (Å²) in [5, 5.41) is 10.3. The number of nitrogens with zero attached hydrogens (tertiary/aromatic N) is 4. The Morgan fingerprint density at radius 2 is 2.06 bits per heavy atom. The van der Waals surface area contributed by atoms with E-state index in [1.165, 1.54) is 0 Å². The molecular formula is C25H36N8. The Balaban J connectivity index is 2.39. The van der Waals surface area contributed by atoms with Gasteiger partial charge < -0.3 is 21.7 Å². The lowest BCUT2D eigenvalue weighted by atomic mass is 9.95. The Hall–Kier alpha value is -3.65. The molecule has 0 radical (unpaired) electrons. The van der Waals surface area contributed by atoms with Gasteiger partial charge in [-0.2, -0.15) is 5.10 Å². The van der Waals surface area contributed by atoms with Gasteiger partial charge in [0.2, 0.25) is 0 Å². The van der Waals surface area contributed by atoms with Crippen molar-refractivity contribution in [1.82, 2.24) is 20.4 Å². The topological polar surface area (TPSA) is 121 Å². The number of nitrogens with two attached hydrogens (primary N) is 2. The molecule has 0 amide bonds. The predicted octanol–water partition coefficient (Wildman–Crippen LogP) is 3.26. The molecule has 0 aliphatic rings. The first kappa shape index (κ1) is 25.6. The molecule has 1 heterocycles. The van der Waals surface area contributed by atoms with Crippen LogP contribution >= 0.6 is 0 Å². The zero-order valence-electron chi connectivity index (χ0n) is 20.3. The van der Waals surface area contributed by atoms with Crippen LogP contribution in [0.3, 0.4) is 0 Å². The predicted molar refractivity (Wildman–Crippen MR) is 140 cm³/mol. The number of aromatic amines is 1. The van der Waals surface area contributed by atoms with E-state index in [1.54, 1.807) is 12.3 Å². The molecule has 0 spiro atoms. The molecule has 0 aliphatic heterocycles. The zero-order chi connectivity index (χ0) is 24.4. The number of aromatic nitrogens is 2. The summed E-state index contributed by atoms with van der Waals surface area (Å²) in [4.78, 5) is 11.3. The van der Waals surface area contributed by atoms with Crippen LogP contribution in [0.25, 0.3) is 5.57 Å². The van der Waals surface area contributed by atoms with Crippen molar-refractivity contribution < 1.29 is 0 Å². The van der Waals surface area contributed by atoms with Crippen molar-refractivity contribution in [2.24, 2.45) is 21.5 Å². The summed E-state index contributed by atoms with van der Waals surface area (Å²) < 4.78 is 0. The highest BCUT2D eigenvalue weighted by Crippen LogP contribution is 2.22. The molecule has 33 heavy (non-hydrogen) atoms. The molecule has 8 nitrogen and oxygen atoms in total. The number of likely N-dealkylation sites (N-methyl/N-ethyl adjacent to an activating group) is 1. The van der Waals surface area contributed by atoms with Crippen molar-refractivity contribution in [3.05, 3.63) is 77.3 Å². The van der Waals surface area contributed by atoms with E-state index in [4.69, 9.17) is 11.5 Å². The smallest absolute Gasteiger partial charge is 0.175 e. The highest BCUT2D eigenvalue weighted by molar-refractivity contribution is 6.06. The van der Waals surface area contributed by atoms with E-state index in [9.17, 15) is 0 Å². The fourth-order valence-corrected chi connectivity index (χ4v) is 3.19. The van der Waals surface area contributed by atoms with Crippen molar-refractivity contribution >= 4 is 23.1 Å². The standard InChI is InChI=1S/C25H36N8/c1-7-17(3)14-28-15-24(29-23-11-18(4)31-32-23)30-25(27)20-9-10-22(19(8-2)12-20)21(13-26)16-33(5)6/h7,9-14,28H,1,8,15-16,26H2,2-6H3,(H3,27,29,30,31,32)/b17-14-,21-13-. The Bertz CT molecular complexity index is 1070. The van der Waals surface area contributed by atoms with Gasteiger partial charge >= 0.3 is 0 Å². The molecule has 0 fully saturated rings. The lowest BCUT2D eigenvalue weighted by Gasteiger charge is -2.17. The SMILES string of the molecule is C=C/C(C)=C\NCC(=Nc1cc(C)[nH]n1)N=C(N)c1ccc(/C(=C\N)CN(C)C)c(CC)c1. The lowest BCUT2D eigenvalue weighted by Crippen LogP contribution is -2.22. The molecule has 0 unspecified atom stereocenters. The number of aliphatic imine (C=N–C) groups is 2. The van der Waals surface area contributed by atoms with Crippen LogP contribution in [-0.4, -0.2) is 54.0 Å². The number of hydrogen-bond acceptors (Lipinski definition) is 5. The summed E-state index contributed by atoms with van der Waals surface area (Å²) in [5.41, 5.74) is 18.4. The fourth-order valence-electron chi connectivity index (χ4n) is 3.19. The van der Waals surface area contributed by atoms with E-state index in [0.717, 1.165) is 46.5 Å². The van der Waals surface area contributed by atoms with Crippen LogP contribution in [0.15, 0.2) is 64.9 Å². The highest BCUT2D eigenvalue weighted by atomic mass is 15.2. The summed E-state index contributed by atoms with van der Waals surface area (Å²) in [6.45, 7) is 10.9. The third-order valence-corrected chi connectivity index (χ3v) is 4.91. The normalized spacial score (nSPS) is 13.5. The summed E-state index contributed by atoms with van der Waals surface area (Å²) in [5.74, 6) is 1.46. The number of rotatable bonds is 10. The minimum atomic E-state index is 0.388. The van der Waals surface area contributed by atoms with Gasteiger partial charge in [-0.15, -0.1) is 0 Å². The molecule has 6 N–H and O–H groups in total. The van der Waals surface area contributed by atoms with Crippen molar-refractivity contribution in [2.75, 3.05) is 27.2 Å². The molecule has 0 atom stereocenters. The molecule has 0 saturated carbocycles. The van der Waals surface area contributed by atoms with Crippen LogP contribution in [-0.2, 0) is 6.42 Å². The molecule has 1 aromatic carbocycles. The molecule has 0 bridgehead atoms. The van der Waals surface area contributed by atoms with Gasteiger partial charge in [-0.05, 0) is 75.1 Å². The Morgan fingerprint density at radius 1 is 1.30 bits per heavy atom. The lowest BCUT2D eigenvalue weighted by molar-refractivity contribution is 0.463. The monoisotopic (exact) mass is 448 g/mol. The Kier molecular flexibility index (Phi) is 9.62. The maximum atomic E-state index is 6.41. The number of H-pyrrole nitrogens is 1. The molecule has 2 aromatic rings. The van der Waals surface area contributed by atoms with Crippen molar-refractivity contribution in [3.8, 4) is 0 Å². The molecule has 0 aliphatic carbocycles. The van der Waals surface area contributed by atoms with Gasteiger partial charge in [-0.3, -0.25) is 5.10 Å². The average Bonchev–Trinajstić information content (AvgIpc) is 3.20. The summed E-state index contributed by atoms with van der Waals surface area (Å²) in [6, 6.07) is 7.95. The van der Waals surface area contributed by atoms with Crippen LogP contribution in [0.4, 0.5) is 5.82 Å².